The van der Waals surface area contributed by atoms with Gasteiger partial charge in [0.15, 0.2) is 0 Å². The van der Waals surface area contributed by atoms with Crippen LogP contribution < -0.4 is 5.32 Å². The summed E-state index contributed by atoms with van der Waals surface area (Å²) in [7, 11) is 1.80. The van der Waals surface area contributed by atoms with Crippen molar-refractivity contribution in [3.8, 4) is 11.8 Å². The highest BCUT2D eigenvalue weighted by Crippen LogP contribution is 2.18. The van der Waals surface area contributed by atoms with E-state index in [-0.39, 0.29) is 12.6 Å². The van der Waals surface area contributed by atoms with Crippen LogP contribution in [0.2, 0.25) is 0 Å². The third-order valence-electron chi connectivity index (χ3n) is 3.66. The van der Waals surface area contributed by atoms with Crippen LogP contribution in [0.4, 0.5) is 4.79 Å². The largest absolute Gasteiger partial charge is 0.395 e. The van der Waals surface area contributed by atoms with Crippen molar-refractivity contribution >= 4 is 6.03 Å². The van der Waals surface area contributed by atoms with Crippen LogP contribution >= 0.6 is 0 Å². The van der Waals surface area contributed by atoms with Crippen LogP contribution in [-0.2, 0) is 6.54 Å². The number of carbonyl (C=O) groups excluding carboxylic acids is 1. The average Bonchev–Trinajstić information content (AvgIpc) is 2.44. The summed E-state index contributed by atoms with van der Waals surface area (Å²) in [5.41, 5.74) is 1.93. The Balaban J connectivity index is 1.97. The monoisotopic (exact) mass is 286 g/mol. The minimum Gasteiger partial charge on any atom is -0.395 e. The molecule has 1 saturated carbocycles. The van der Waals surface area contributed by atoms with Gasteiger partial charge in [-0.3, -0.25) is 0 Å². The molecule has 112 valence electrons. The summed E-state index contributed by atoms with van der Waals surface area (Å²) in [6, 6.07) is 8.12. The van der Waals surface area contributed by atoms with Crippen LogP contribution in [0.5, 0.6) is 0 Å². The minimum atomic E-state index is -0.0298. The second kappa shape index (κ2) is 7.70. The predicted octanol–water partition coefficient (Wildman–Crippen LogP) is 2.11. The molecule has 0 aliphatic heterocycles. The molecular formula is C17H22N2O2. The summed E-state index contributed by atoms with van der Waals surface area (Å²) in [5, 5.41) is 11.8. The number of hydrogen-bond donors (Lipinski definition) is 2. The molecule has 0 bridgehead atoms. The Labute approximate surface area is 126 Å². The molecule has 2 rings (SSSR count). The lowest BCUT2D eigenvalue weighted by Gasteiger charge is -2.29. The van der Waals surface area contributed by atoms with Gasteiger partial charge < -0.3 is 15.3 Å². The fourth-order valence-corrected chi connectivity index (χ4v) is 2.16. The molecule has 1 aromatic rings. The zero-order valence-electron chi connectivity index (χ0n) is 12.4. The first-order valence-corrected chi connectivity index (χ1v) is 7.40. The first kappa shape index (κ1) is 15.4. The number of carbonyl (C=O) groups is 1. The predicted molar refractivity (Wildman–Crippen MR) is 82.7 cm³/mol. The molecule has 0 radical (unpaired) electrons. The summed E-state index contributed by atoms with van der Waals surface area (Å²) in [5.74, 6) is 5.98. The molecule has 1 aliphatic rings. The normalized spacial score (nSPS) is 13.8. The topological polar surface area (TPSA) is 52.6 Å². The highest BCUT2D eigenvalue weighted by Gasteiger charge is 2.21. The lowest BCUT2D eigenvalue weighted by molar-refractivity contribution is 0.194. The first-order valence-electron chi connectivity index (χ1n) is 7.40. The standard InChI is InChI=1S/C17H22N2O2/c1-19(17(21)18-16-10-6-11-16)13-15-9-3-2-7-14(15)8-4-5-12-20/h2-3,7,9,16,20H,5-6,10-13H2,1H3,(H,18,21). The van der Waals surface area contributed by atoms with E-state index in [1.807, 2.05) is 24.3 Å². The number of urea groups is 1. The number of nitrogens with one attached hydrogen (secondary N) is 1. The highest BCUT2D eigenvalue weighted by molar-refractivity contribution is 5.74. The summed E-state index contributed by atoms with van der Waals surface area (Å²) >= 11 is 0. The second-order valence-corrected chi connectivity index (χ2v) is 5.37. The van der Waals surface area contributed by atoms with Crippen molar-refractivity contribution in [2.45, 2.75) is 38.3 Å². The quantitative estimate of drug-likeness (QED) is 0.833. The summed E-state index contributed by atoms with van der Waals surface area (Å²) in [6.07, 6.45) is 3.84. The van der Waals surface area contributed by atoms with E-state index in [2.05, 4.69) is 17.2 Å². The lowest BCUT2D eigenvalue weighted by Crippen LogP contribution is -2.45. The molecule has 0 spiro atoms. The third-order valence-corrected chi connectivity index (χ3v) is 3.66. The summed E-state index contributed by atoms with van der Waals surface area (Å²) in [6.45, 7) is 0.599. The van der Waals surface area contributed by atoms with Gasteiger partial charge in [0.1, 0.15) is 0 Å². The molecule has 21 heavy (non-hydrogen) atoms. The minimum absolute atomic E-state index is 0.0298. The van der Waals surface area contributed by atoms with Crippen LogP contribution in [0, 0.1) is 11.8 Å². The van der Waals surface area contributed by atoms with Crippen LogP contribution in [0.3, 0.4) is 0 Å². The zero-order chi connectivity index (χ0) is 15.1. The molecule has 4 heteroatoms. The Morgan fingerprint density at radius 3 is 2.86 bits per heavy atom. The molecule has 4 nitrogen and oxygen atoms in total. The number of benzene rings is 1. The third kappa shape index (κ3) is 4.51. The van der Waals surface area contributed by atoms with Crippen LogP contribution in [0.25, 0.3) is 0 Å². The maximum Gasteiger partial charge on any atom is 0.317 e. The number of rotatable bonds is 4. The Morgan fingerprint density at radius 1 is 1.43 bits per heavy atom. The SMILES string of the molecule is CN(Cc1ccccc1C#CCCO)C(=O)NC1CCC1. The molecule has 2 amide bonds. The van der Waals surface area contributed by atoms with E-state index in [0.717, 1.165) is 24.0 Å². The zero-order valence-corrected chi connectivity index (χ0v) is 12.4. The van der Waals surface area contributed by atoms with Crippen molar-refractivity contribution in [2.24, 2.45) is 0 Å². The van der Waals surface area contributed by atoms with E-state index in [0.29, 0.717) is 19.0 Å². The van der Waals surface area contributed by atoms with Crippen molar-refractivity contribution in [3.63, 3.8) is 0 Å². The number of hydrogen-bond acceptors (Lipinski definition) is 2. The van der Waals surface area contributed by atoms with Crippen LogP contribution in [-0.4, -0.2) is 35.7 Å². The molecule has 1 aromatic carbocycles. The van der Waals surface area contributed by atoms with Gasteiger partial charge in [0.05, 0.1) is 6.61 Å². The van der Waals surface area contributed by atoms with Gasteiger partial charge in [-0.2, -0.15) is 0 Å². The fraction of sp³-hybridized carbons (Fsp3) is 0.471. The molecule has 0 heterocycles. The van der Waals surface area contributed by atoms with E-state index in [9.17, 15) is 4.79 Å². The molecule has 2 N–H and O–H groups in total. The van der Waals surface area contributed by atoms with Gasteiger partial charge in [0, 0.05) is 31.6 Å². The van der Waals surface area contributed by atoms with Gasteiger partial charge in [-0.25, -0.2) is 4.79 Å². The molecule has 1 aliphatic carbocycles. The van der Waals surface area contributed by atoms with E-state index >= 15 is 0 Å². The van der Waals surface area contributed by atoms with Gasteiger partial charge in [0.2, 0.25) is 0 Å². The maximum absolute atomic E-state index is 12.1. The fourth-order valence-electron chi connectivity index (χ4n) is 2.16. The molecule has 0 atom stereocenters. The van der Waals surface area contributed by atoms with Gasteiger partial charge in [-0.05, 0) is 30.9 Å². The summed E-state index contributed by atoms with van der Waals surface area (Å²) < 4.78 is 0. The molecule has 0 aromatic heterocycles. The summed E-state index contributed by atoms with van der Waals surface area (Å²) in [4.78, 5) is 13.8. The van der Waals surface area contributed by atoms with Gasteiger partial charge in [-0.1, -0.05) is 30.0 Å². The van der Waals surface area contributed by atoms with E-state index in [1.165, 1.54) is 6.42 Å². The van der Waals surface area contributed by atoms with Gasteiger partial charge in [-0.15, -0.1) is 0 Å². The van der Waals surface area contributed by atoms with E-state index in [4.69, 9.17) is 5.11 Å². The molecular weight excluding hydrogens is 264 g/mol. The number of nitrogens with zero attached hydrogens (tertiary/aromatic N) is 1. The average molecular weight is 286 g/mol. The second-order valence-electron chi connectivity index (χ2n) is 5.37. The van der Waals surface area contributed by atoms with E-state index in [1.54, 1.807) is 11.9 Å². The highest BCUT2D eigenvalue weighted by atomic mass is 16.2. The Bertz CT molecular complexity index is 541. The Morgan fingerprint density at radius 2 is 2.19 bits per heavy atom. The van der Waals surface area contributed by atoms with Crippen molar-refractivity contribution in [1.82, 2.24) is 10.2 Å². The maximum atomic E-state index is 12.1. The van der Waals surface area contributed by atoms with Crippen molar-refractivity contribution in [3.05, 3.63) is 35.4 Å². The van der Waals surface area contributed by atoms with Crippen molar-refractivity contribution < 1.29 is 9.90 Å². The Hall–Kier alpha value is -1.99. The Kier molecular flexibility index (Phi) is 5.65. The number of amides is 2. The molecule has 0 saturated heterocycles. The first-order chi connectivity index (χ1) is 10.2. The lowest BCUT2D eigenvalue weighted by atomic mass is 9.93. The molecule has 0 unspecified atom stereocenters. The smallest absolute Gasteiger partial charge is 0.317 e. The van der Waals surface area contributed by atoms with Crippen molar-refractivity contribution in [2.75, 3.05) is 13.7 Å². The van der Waals surface area contributed by atoms with Crippen LogP contribution in [0.15, 0.2) is 24.3 Å². The van der Waals surface area contributed by atoms with Gasteiger partial charge in [0.25, 0.3) is 0 Å². The molecule has 1 fully saturated rings. The van der Waals surface area contributed by atoms with Gasteiger partial charge >= 0.3 is 6.03 Å². The van der Waals surface area contributed by atoms with Crippen LogP contribution in [0.1, 0.15) is 36.8 Å². The number of aliphatic hydroxyl groups excluding tert-OH is 1. The van der Waals surface area contributed by atoms with Crippen molar-refractivity contribution in [1.29, 1.82) is 0 Å². The number of aliphatic hydroxyl groups is 1. The van der Waals surface area contributed by atoms with E-state index < -0.39 is 0 Å².